The van der Waals surface area contributed by atoms with Gasteiger partial charge < -0.3 is 10.1 Å². The highest BCUT2D eigenvalue weighted by atomic mass is 32.2. The Balaban J connectivity index is 2.14. The Hall–Kier alpha value is -1.44. The molecular formula is C19H30N2O4S. The van der Waals surface area contributed by atoms with E-state index in [0.29, 0.717) is 25.7 Å². The Kier molecular flexibility index (Phi) is 7.61. The zero-order chi connectivity index (χ0) is 19.2. The molecule has 1 amide bonds. The van der Waals surface area contributed by atoms with Gasteiger partial charge in [-0.1, -0.05) is 38.8 Å². The van der Waals surface area contributed by atoms with Crippen LogP contribution < -0.4 is 5.32 Å². The third-order valence-electron chi connectivity index (χ3n) is 5.11. The molecule has 1 aromatic rings. The van der Waals surface area contributed by atoms with E-state index in [1.165, 1.54) is 6.07 Å². The summed E-state index contributed by atoms with van der Waals surface area (Å²) in [6.07, 6.45) is 3.20. The summed E-state index contributed by atoms with van der Waals surface area (Å²) in [6.45, 7) is 7.98. The average molecular weight is 383 g/mol. The first-order chi connectivity index (χ1) is 12.4. The van der Waals surface area contributed by atoms with Gasteiger partial charge in [-0.15, -0.1) is 0 Å². The highest BCUT2D eigenvalue weighted by Gasteiger charge is 2.28. The fraction of sp³-hybridized carbons (Fsp3) is 0.632. The van der Waals surface area contributed by atoms with E-state index in [9.17, 15) is 13.2 Å². The van der Waals surface area contributed by atoms with Crippen molar-refractivity contribution < 1.29 is 17.9 Å². The maximum atomic E-state index is 12.7. The third kappa shape index (κ3) is 5.28. The molecule has 1 heterocycles. The molecule has 1 aliphatic rings. The standard InChI is InChI=1S/C19H30N2O4S/c1-4-15(5-2)17(21-10-12-25-13-11-21)14-20-19(22)16-8-6-7-9-18(16)26(3,23)24/h6-9,15,17H,4-5,10-14H2,1-3H3,(H,20,22). The second kappa shape index (κ2) is 9.48. The summed E-state index contributed by atoms with van der Waals surface area (Å²) in [4.78, 5) is 15.1. The predicted octanol–water partition coefficient (Wildman–Crippen LogP) is 1.96. The summed E-state index contributed by atoms with van der Waals surface area (Å²) in [7, 11) is -3.45. The van der Waals surface area contributed by atoms with E-state index in [1.54, 1.807) is 18.2 Å². The SMILES string of the molecule is CCC(CC)C(CNC(=O)c1ccccc1S(C)(=O)=O)N1CCOCC1. The lowest BCUT2D eigenvalue weighted by atomic mass is 9.92. The number of nitrogens with one attached hydrogen (secondary N) is 1. The lowest BCUT2D eigenvalue weighted by Gasteiger charge is -2.38. The first-order valence-corrected chi connectivity index (χ1v) is 11.2. The molecule has 0 saturated carbocycles. The number of hydrogen-bond acceptors (Lipinski definition) is 5. The van der Waals surface area contributed by atoms with Gasteiger partial charge in [-0.3, -0.25) is 9.69 Å². The smallest absolute Gasteiger partial charge is 0.252 e. The molecule has 0 bridgehead atoms. The fourth-order valence-electron chi connectivity index (χ4n) is 3.61. The van der Waals surface area contributed by atoms with Gasteiger partial charge in [-0.2, -0.15) is 0 Å². The van der Waals surface area contributed by atoms with Crippen molar-refractivity contribution in [3.8, 4) is 0 Å². The lowest BCUT2D eigenvalue weighted by molar-refractivity contribution is 0.00190. The summed E-state index contributed by atoms with van der Waals surface area (Å²) in [5.74, 6) is 0.133. The van der Waals surface area contributed by atoms with Gasteiger partial charge in [-0.05, 0) is 18.1 Å². The molecule has 0 spiro atoms. The number of morpholine rings is 1. The molecule has 1 aliphatic heterocycles. The highest BCUT2D eigenvalue weighted by molar-refractivity contribution is 7.90. The number of sulfone groups is 1. The molecule has 6 nitrogen and oxygen atoms in total. The molecule has 1 atom stereocenters. The van der Waals surface area contributed by atoms with Crippen LogP contribution in [0.1, 0.15) is 37.0 Å². The van der Waals surface area contributed by atoms with Crippen LogP contribution >= 0.6 is 0 Å². The number of benzene rings is 1. The Morgan fingerprint density at radius 1 is 1.19 bits per heavy atom. The number of hydrogen-bond donors (Lipinski definition) is 1. The van der Waals surface area contributed by atoms with E-state index in [0.717, 1.165) is 32.2 Å². The van der Waals surface area contributed by atoms with Crippen molar-refractivity contribution in [2.75, 3.05) is 39.1 Å². The molecule has 0 radical (unpaired) electrons. The van der Waals surface area contributed by atoms with Gasteiger partial charge in [-0.25, -0.2) is 8.42 Å². The molecule has 1 N–H and O–H groups in total. The Labute approximate surface area is 156 Å². The van der Waals surface area contributed by atoms with Crippen molar-refractivity contribution in [1.29, 1.82) is 0 Å². The first-order valence-electron chi connectivity index (χ1n) is 9.27. The number of ether oxygens (including phenoxy) is 1. The molecule has 0 aliphatic carbocycles. The van der Waals surface area contributed by atoms with E-state index in [1.807, 2.05) is 0 Å². The molecule has 2 rings (SSSR count). The quantitative estimate of drug-likeness (QED) is 0.744. The molecule has 7 heteroatoms. The van der Waals surface area contributed by atoms with Crippen molar-refractivity contribution in [2.45, 2.75) is 37.6 Å². The third-order valence-corrected chi connectivity index (χ3v) is 6.27. The molecular weight excluding hydrogens is 352 g/mol. The van der Waals surface area contributed by atoms with Crippen LogP contribution in [-0.4, -0.2) is 64.4 Å². The number of rotatable bonds is 8. The van der Waals surface area contributed by atoms with Crippen LogP contribution in [0.25, 0.3) is 0 Å². The molecule has 1 unspecified atom stereocenters. The largest absolute Gasteiger partial charge is 0.379 e. The van der Waals surface area contributed by atoms with Crippen molar-refractivity contribution in [1.82, 2.24) is 10.2 Å². The topological polar surface area (TPSA) is 75.7 Å². The van der Waals surface area contributed by atoms with Gasteiger partial charge in [0.1, 0.15) is 0 Å². The summed E-state index contributed by atoms with van der Waals surface area (Å²) < 4.78 is 29.3. The van der Waals surface area contributed by atoms with Gasteiger partial charge in [0.05, 0.1) is 23.7 Å². The maximum Gasteiger partial charge on any atom is 0.252 e. The lowest BCUT2D eigenvalue weighted by Crippen LogP contribution is -2.52. The number of amides is 1. The van der Waals surface area contributed by atoms with Crippen molar-refractivity contribution in [3.63, 3.8) is 0 Å². The normalized spacial score (nSPS) is 17.2. The van der Waals surface area contributed by atoms with E-state index >= 15 is 0 Å². The van der Waals surface area contributed by atoms with Crippen molar-refractivity contribution in [2.24, 2.45) is 5.92 Å². The number of nitrogens with zero attached hydrogens (tertiary/aromatic N) is 1. The predicted molar refractivity (Wildman–Crippen MR) is 102 cm³/mol. The first kappa shape index (κ1) is 20.9. The summed E-state index contributed by atoms with van der Waals surface area (Å²) in [6, 6.07) is 6.58. The van der Waals surface area contributed by atoms with Gasteiger partial charge in [0.2, 0.25) is 0 Å². The maximum absolute atomic E-state index is 12.7. The van der Waals surface area contributed by atoms with E-state index < -0.39 is 9.84 Å². The van der Waals surface area contributed by atoms with Crippen molar-refractivity contribution in [3.05, 3.63) is 29.8 Å². The summed E-state index contributed by atoms with van der Waals surface area (Å²) in [5.41, 5.74) is 0.209. The van der Waals surface area contributed by atoms with Crippen LogP contribution in [0.5, 0.6) is 0 Å². The molecule has 26 heavy (non-hydrogen) atoms. The van der Waals surface area contributed by atoms with Gasteiger partial charge >= 0.3 is 0 Å². The van der Waals surface area contributed by atoms with Crippen LogP contribution in [0.2, 0.25) is 0 Å². The van der Waals surface area contributed by atoms with Crippen LogP contribution in [0.3, 0.4) is 0 Å². The molecule has 1 fully saturated rings. The Morgan fingerprint density at radius 3 is 2.38 bits per heavy atom. The van der Waals surface area contributed by atoms with Gasteiger partial charge in [0.25, 0.3) is 5.91 Å². The molecule has 1 saturated heterocycles. The number of carbonyl (C=O) groups is 1. The minimum Gasteiger partial charge on any atom is -0.379 e. The zero-order valence-electron chi connectivity index (χ0n) is 15.9. The van der Waals surface area contributed by atoms with Gasteiger partial charge in [0.15, 0.2) is 9.84 Å². The minimum atomic E-state index is -3.45. The van der Waals surface area contributed by atoms with Crippen LogP contribution in [0.15, 0.2) is 29.2 Å². The fourth-order valence-corrected chi connectivity index (χ4v) is 4.49. The van der Waals surface area contributed by atoms with Crippen molar-refractivity contribution >= 4 is 15.7 Å². The highest BCUT2D eigenvalue weighted by Crippen LogP contribution is 2.20. The van der Waals surface area contributed by atoms with E-state index in [4.69, 9.17) is 4.74 Å². The summed E-state index contributed by atoms with van der Waals surface area (Å²) >= 11 is 0. The van der Waals surface area contributed by atoms with Crippen LogP contribution in [0, 0.1) is 5.92 Å². The van der Waals surface area contributed by atoms with Crippen LogP contribution in [0.4, 0.5) is 0 Å². The number of carbonyl (C=O) groups excluding carboxylic acids is 1. The minimum absolute atomic E-state index is 0.0722. The molecule has 146 valence electrons. The summed E-state index contributed by atoms with van der Waals surface area (Å²) in [5, 5.41) is 2.97. The van der Waals surface area contributed by atoms with Crippen LogP contribution in [-0.2, 0) is 14.6 Å². The second-order valence-corrected chi connectivity index (χ2v) is 8.75. The average Bonchev–Trinajstić information content (AvgIpc) is 2.65. The van der Waals surface area contributed by atoms with E-state index in [-0.39, 0.29) is 22.4 Å². The van der Waals surface area contributed by atoms with Gasteiger partial charge in [0, 0.05) is 31.9 Å². The Bertz CT molecular complexity index is 695. The molecule has 0 aromatic heterocycles. The second-order valence-electron chi connectivity index (χ2n) is 6.77. The van der Waals surface area contributed by atoms with E-state index in [2.05, 4.69) is 24.1 Å². The Morgan fingerprint density at radius 2 is 1.81 bits per heavy atom. The zero-order valence-corrected chi connectivity index (χ0v) is 16.7. The molecule has 1 aromatic carbocycles. The monoisotopic (exact) mass is 382 g/mol.